The molecule has 0 saturated heterocycles. The first-order chi connectivity index (χ1) is 12.2. The van der Waals surface area contributed by atoms with Crippen LogP contribution in [0.1, 0.15) is 20.7 Å². The van der Waals surface area contributed by atoms with Crippen LogP contribution in [0, 0.1) is 20.2 Å². The van der Waals surface area contributed by atoms with Crippen molar-refractivity contribution in [3.8, 4) is 0 Å². The molecule has 0 fully saturated rings. The maximum Gasteiger partial charge on any atom is 0.337 e. The van der Waals surface area contributed by atoms with E-state index in [1.165, 1.54) is 7.11 Å². The number of halogens is 1. The minimum atomic E-state index is -1.57. The van der Waals surface area contributed by atoms with Crippen LogP contribution >= 0.6 is 11.6 Å². The molecular weight excluding hydrogens is 372 g/mol. The van der Waals surface area contributed by atoms with Gasteiger partial charge in [-0.25, -0.2) is 9.59 Å². The normalized spacial score (nSPS) is 9.46. The van der Waals surface area contributed by atoms with E-state index in [0.717, 1.165) is 0 Å². The molecule has 0 saturated carbocycles. The van der Waals surface area contributed by atoms with Gasteiger partial charge in [-0.1, -0.05) is 29.8 Å². The van der Waals surface area contributed by atoms with Gasteiger partial charge in [-0.05, 0) is 12.1 Å². The van der Waals surface area contributed by atoms with E-state index in [0.29, 0.717) is 17.7 Å². The SMILES string of the molecule is COC(=O)c1ccccc1.O=C(O)c1cc([N+](=O)[O-])cc([N+](=O)[O-])c1Cl. The number of carboxylic acid groups (broad SMARTS) is 1. The fourth-order valence-corrected chi connectivity index (χ4v) is 1.94. The van der Waals surface area contributed by atoms with E-state index in [2.05, 4.69) is 4.74 Å². The Balaban J connectivity index is 0.000000289. The zero-order valence-corrected chi connectivity index (χ0v) is 13.9. The molecule has 2 aromatic rings. The third-order valence-electron chi connectivity index (χ3n) is 2.87. The summed E-state index contributed by atoms with van der Waals surface area (Å²) in [5.74, 6) is -1.86. The lowest BCUT2D eigenvalue weighted by atomic mass is 10.1. The summed E-state index contributed by atoms with van der Waals surface area (Å²) in [6.45, 7) is 0. The van der Waals surface area contributed by atoms with E-state index >= 15 is 0 Å². The Bertz CT molecular complexity index is 819. The third kappa shape index (κ3) is 5.24. The fourth-order valence-electron chi connectivity index (χ4n) is 1.68. The number of hydrogen-bond acceptors (Lipinski definition) is 7. The van der Waals surface area contributed by atoms with Crippen molar-refractivity contribution in [3.05, 3.63) is 78.8 Å². The Morgan fingerprint density at radius 1 is 1.08 bits per heavy atom. The van der Waals surface area contributed by atoms with Crippen LogP contribution in [0.5, 0.6) is 0 Å². The molecule has 0 unspecified atom stereocenters. The molecular formula is C15H11ClN2O8. The number of aromatic carboxylic acids is 1. The van der Waals surface area contributed by atoms with Crippen molar-refractivity contribution < 1.29 is 29.3 Å². The Hall–Kier alpha value is -3.53. The summed E-state index contributed by atoms with van der Waals surface area (Å²) in [5, 5.41) is 28.9. The number of non-ortho nitro benzene ring substituents is 1. The first-order valence-electron chi connectivity index (χ1n) is 6.68. The molecule has 0 spiro atoms. The smallest absolute Gasteiger partial charge is 0.337 e. The average molecular weight is 383 g/mol. The van der Waals surface area contributed by atoms with Gasteiger partial charge in [0.25, 0.3) is 11.4 Å². The average Bonchev–Trinajstić information content (AvgIpc) is 2.61. The van der Waals surface area contributed by atoms with E-state index in [4.69, 9.17) is 16.7 Å². The quantitative estimate of drug-likeness (QED) is 0.480. The molecule has 11 heteroatoms. The highest BCUT2D eigenvalue weighted by molar-refractivity contribution is 6.35. The van der Waals surface area contributed by atoms with Crippen LogP contribution in [0.2, 0.25) is 5.02 Å². The molecule has 2 rings (SSSR count). The molecule has 2 aromatic carbocycles. The third-order valence-corrected chi connectivity index (χ3v) is 3.27. The summed E-state index contributed by atoms with van der Waals surface area (Å²) in [5.41, 5.74) is -1.60. The van der Waals surface area contributed by atoms with Gasteiger partial charge in [0.1, 0.15) is 5.02 Å². The number of hydrogen-bond donors (Lipinski definition) is 1. The molecule has 0 aromatic heterocycles. The van der Waals surface area contributed by atoms with Crippen LogP contribution in [0.15, 0.2) is 42.5 Å². The van der Waals surface area contributed by atoms with Crippen LogP contribution in [-0.4, -0.2) is 34.0 Å². The highest BCUT2D eigenvalue weighted by Gasteiger charge is 2.25. The van der Waals surface area contributed by atoms with Crippen molar-refractivity contribution >= 4 is 34.9 Å². The van der Waals surface area contributed by atoms with Crippen molar-refractivity contribution in [3.63, 3.8) is 0 Å². The number of carbonyl (C=O) groups excluding carboxylic acids is 1. The summed E-state index contributed by atoms with van der Waals surface area (Å²) in [4.78, 5) is 40.4. The van der Waals surface area contributed by atoms with Crippen LogP contribution in [0.3, 0.4) is 0 Å². The van der Waals surface area contributed by atoms with Gasteiger partial charge in [0.05, 0.1) is 34.1 Å². The Morgan fingerprint density at radius 3 is 2.08 bits per heavy atom. The zero-order chi connectivity index (χ0) is 19.9. The number of nitrogens with zero attached hydrogens (tertiary/aromatic N) is 2. The largest absolute Gasteiger partial charge is 0.478 e. The molecule has 0 heterocycles. The lowest BCUT2D eigenvalue weighted by Crippen LogP contribution is -2.02. The lowest BCUT2D eigenvalue weighted by Gasteiger charge is -2.00. The van der Waals surface area contributed by atoms with Gasteiger partial charge in [0.15, 0.2) is 0 Å². The highest BCUT2D eigenvalue weighted by atomic mass is 35.5. The Labute approximate surface area is 150 Å². The molecule has 0 atom stereocenters. The molecule has 0 amide bonds. The van der Waals surface area contributed by atoms with E-state index in [-0.39, 0.29) is 5.97 Å². The Kier molecular flexibility index (Phi) is 7.17. The van der Waals surface area contributed by atoms with E-state index < -0.39 is 37.8 Å². The van der Waals surface area contributed by atoms with Crippen LogP contribution in [-0.2, 0) is 4.74 Å². The molecule has 1 N–H and O–H groups in total. The molecule has 136 valence electrons. The minimum Gasteiger partial charge on any atom is -0.478 e. The second kappa shape index (κ2) is 9.08. The molecule has 0 radical (unpaired) electrons. The Morgan fingerprint density at radius 2 is 1.65 bits per heavy atom. The summed E-state index contributed by atoms with van der Waals surface area (Å²) in [6, 6.07) is 10.1. The van der Waals surface area contributed by atoms with E-state index in [9.17, 15) is 29.8 Å². The van der Waals surface area contributed by atoms with Gasteiger partial charge in [0, 0.05) is 6.07 Å². The maximum absolute atomic E-state index is 10.8. The van der Waals surface area contributed by atoms with Crippen LogP contribution < -0.4 is 0 Å². The van der Waals surface area contributed by atoms with Gasteiger partial charge in [-0.3, -0.25) is 20.2 Å². The van der Waals surface area contributed by atoms with E-state index in [1.54, 1.807) is 24.3 Å². The molecule has 0 bridgehead atoms. The van der Waals surface area contributed by atoms with Gasteiger partial charge in [0.2, 0.25) is 0 Å². The number of carbonyl (C=O) groups is 2. The number of benzene rings is 2. The molecule has 0 aliphatic heterocycles. The highest BCUT2D eigenvalue weighted by Crippen LogP contribution is 2.32. The number of ether oxygens (including phenoxy) is 1. The molecule has 0 aliphatic rings. The van der Waals surface area contributed by atoms with Gasteiger partial charge < -0.3 is 9.84 Å². The minimum absolute atomic E-state index is 0.291. The summed E-state index contributed by atoms with van der Waals surface area (Å²) >= 11 is 5.43. The topological polar surface area (TPSA) is 150 Å². The number of methoxy groups -OCH3 is 1. The van der Waals surface area contributed by atoms with Crippen LogP contribution in [0.25, 0.3) is 0 Å². The first-order valence-corrected chi connectivity index (χ1v) is 7.05. The summed E-state index contributed by atoms with van der Waals surface area (Å²) in [6.07, 6.45) is 0. The predicted octanol–water partition coefficient (Wildman–Crippen LogP) is 3.33. The second-order valence-electron chi connectivity index (χ2n) is 4.50. The van der Waals surface area contributed by atoms with Crippen molar-refractivity contribution in [1.82, 2.24) is 0 Å². The molecule has 0 aliphatic carbocycles. The maximum atomic E-state index is 10.8. The van der Waals surface area contributed by atoms with Crippen molar-refractivity contribution in [2.75, 3.05) is 7.11 Å². The number of rotatable bonds is 4. The van der Waals surface area contributed by atoms with Crippen molar-refractivity contribution in [1.29, 1.82) is 0 Å². The zero-order valence-electron chi connectivity index (χ0n) is 13.1. The monoisotopic (exact) mass is 382 g/mol. The van der Waals surface area contributed by atoms with Crippen molar-refractivity contribution in [2.24, 2.45) is 0 Å². The van der Waals surface area contributed by atoms with Gasteiger partial charge >= 0.3 is 11.9 Å². The van der Waals surface area contributed by atoms with Gasteiger partial charge in [-0.15, -0.1) is 0 Å². The predicted molar refractivity (Wildman–Crippen MR) is 89.5 cm³/mol. The number of nitro groups is 2. The molecule has 10 nitrogen and oxygen atoms in total. The second-order valence-corrected chi connectivity index (χ2v) is 4.88. The lowest BCUT2D eigenvalue weighted by molar-refractivity contribution is -0.394. The molecule has 26 heavy (non-hydrogen) atoms. The first kappa shape index (κ1) is 20.5. The van der Waals surface area contributed by atoms with E-state index in [1.807, 2.05) is 6.07 Å². The van der Waals surface area contributed by atoms with Gasteiger partial charge in [-0.2, -0.15) is 0 Å². The summed E-state index contributed by atoms with van der Waals surface area (Å²) in [7, 11) is 1.37. The number of nitro benzene ring substituents is 2. The van der Waals surface area contributed by atoms with Crippen LogP contribution in [0.4, 0.5) is 11.4 Å². The number of carboxylic acids is 1. The summed E-state index contributed by atoms with van der Waals surface area (Å²) < 4.78 is 4.50. The standard InChI is InChI=1S/C8H8O2.C7H3ClN2O6/c1-10-8(9)7-5-3-2-4-6-7;8-6-4(7(11)12)1-3(9(13)14)2-5(6)10(15)16/h2-6H,1H3;1-2H,(H,11,12). The fraction of sp³-hybridized carbons (Fsp3) is 0.0667. The number of esters is 1. The van der Waals surface area contributed by atoms with Crippen molar-refractivity contribution in [2.45, 2.75) is 0 Å².